The van der Waals surface area contributed by atoms with Gasteiger partial charge in [0.1, 0.15) is 0 Å². The van der Waals surface area contributed by atoms with Crippen molar-refractivity contribution in [3.63, 3.8) is 0 Å². The van der Waals surface area contributed by atoms with Crippen LogP contribution in [0.4, 0.5) is 0 Å². The standard InChI is InChI=1S/C27H30Cl2N4O2/c1-35-26-17-33(11-6-19(26)14-18-2-4-22(28)23(29)15-18)21-7-12-32(13-8-21)27(34)20-3-5-24-25(16-20)31-10-9-30-24/h2-5,9-10,15-16,19,21,26H,6-8,11-14,17H2,1H3/t19-,26-/m1/s1. The molecule has 0 aliphatic carbocycles. The van der Waals surface area contributed by atoms with Crippen molar-refractivity contribution in [3.8, 4) is 0 Å². The highest BCUT2D eigenvalue weighted by atomic mass is 35.5. The first kappa shape index (κ1) is 24.4. The smallest absolute Gasteiger partial charge is 0.253 e. The number of ether oxygens (including phenoxy) is 1. The largest absolute Gasteiger partial charge is 0.380 e. The summed E-state index contributed by atoms with van der Waals surface area (Å²) in [6.07, 6.45) is 7.47. The highest BCUT2D eigenvalue weighted by molar-refractivity contribution is 6.42. The summed E-state index contributed by atoms with van der Waals surface area (Å²) in [5, 5.41) is 1.20. The summed E-state index contributed by atoms with van der Waals surface area (Å²) >= 11 is 12.3. The maximum Gasteiger partial charge on any atom is 0.253 e. The minimum absolute atomic E-state index is 0.0751. The van der Waals surface area contributed by atoms with E-state index in [-0.39, 0.29) is 12.0 Å². The van der Waals surface area contributed by atoms with Gasteiger partial charge in [-0.15, -0.1) is 0 Å². The molecule has 184 valence electrons. The Kier molecular flexibility index (Phi) is 7.54. The number of fused-ring (bicyclic) bond motifs is 1. The lowest BCUT2D eigenvalue weighted by Crippen LogP contribution is -2.53. The summed E-state index contributed by atoms with van der Waals surface area (Å²) in [6.45, 7) is 3.50. The summed E-state index contributed by atoms with van der Waals surface area (Å²) in [5.41, 5.74) is 3.44. The molecule has 5 rings (SSSR count). The van der Waals surface area contributed by atoms with E-state index in [4.69, 9.17) is 27.9 Å². The monoisotopic (exact) mass is 512 g/mol. The number of rotatable bonds is 5. The van der Waals surface area contributed by atoms with Gasteiger partial charge in [-0.2, -0.15) is 0 Å². The highest BCUT2D eigenvalue weighted by Crippen LogP contribution is 2.30. The molecule has 2 saturated heterocycles. The fourth-order valence-electron chi connectivity index (χ4n) is 5.50. The Bertz CT molecular complexity index is 1200. The topological polar surface area (TPSA) is 58.6 Å². The number of carbonyl (C=O) groups excluding carboxylic acids is 1. The second-order valence-electron chi connectivity index (χ2n) is 9.55. The quantitative estimate of drug-likeness (QED) is 0.474. The van der Waals surface area contributed by atoms with Crippen molar-refractivity contribution in [2.75, 3.05) is 33.3 Å². The number of hydrogen-bond donors (Lipinski definition) is 0. The van der Waals surface area contributed by atoms with Gasteiger partial charge in [0.25, 0.3) is 5.91 Å². The summed E-state index contributed by atoms with van der Waals surface area (Å²) in [5.74, 6) is 0.525. The van der Waals surface area contributed by atoms with Crippen molar-refractivity contribution >= 4 is 40.1 Å². The number of carbonyl (C=O) groups is 1. The van der Waals surface area contributed by atoms with Crippen molar-refractivity contribution < 1.29 is 9.53 Å². The highest BCUT2D eigenvalue weighted by Gasteiger charge is 2.34. The van der Waals surface area contributed by atoms with Crippen LogP contribution in [-0.2, 0) is 11.2 Å². The molecule has 3 heterocycles. The molecular formula is C27H30Cl2N4O2. The Morgan fingerprint density at radius 1 is 0.971 bits per heavy atom. The second kappa shape index (κ2) is 10.8. The van der Waals surface area contributed by atoms with Crippen LogP contribution in [0.15, 0.2) is 48.8 Å². The van der Waals surface area contributed by atoms with Crippen LogP contribution in [0.25, 0.3) is 11.0 Å². The van der Waals surface area contributed by atoms with E-state index < -0.39 is 0 Å². The molecule has 6 nitrogen and oxygen atoms in total. The van der Waals surface area contributed by atoms with Crippen LogP contribution < -0.4 is 0 Å². The van der Waals surface area contributed by atoms with E-state index in [2.05, 4.69) is 20.9 Å². The van der Waals surface area contributed by atoms with Gasteiger partial charge in [-0.1, -0.05) is 29.3 Å². The summed E-state index contributed by atoms with van der Waals surface area (Å²) < 4.78 is 5.93. The lowest BCUT2D eigenvalue weighted by atomic mass is 9.86. The molecule has 8 heteroatoms. The molecule has 2 atom stereocenters. The number of nitrogens with zero attached hydrogens (tertiary/aromatic N) is 4. The van der Waals surface area contributed by atoms with E-state index in [9.17, 15) is 4.79 Å². The zero-order valence-corrected chi connectivity index (χ0v) is 21.4. The molecule has 2 fully saturated rings. The van der Waals surface area contributed by atoms with Gasteiger partial charge in [-0.25, -0.2) is 0 Å². The number of benzene rings is 2. The Morgan fingerprint density at radius 3 is 2.49 bits per heavy atom. The lowest BCUT2D eigenvalue weighted by Gasteiger charge is -2.44. The number of methoxy groups -OCH3 is 1. The molecule has 2 aromatic carbocycles. The van der Waals surface area contributed by atoms with Crippen LogP contribution in [0.2, 0.25) is 10.0 Å². The van der Waals surface area contributed by atoms with Crippen LogP contribution >= 0.6 is 23.2 Å². The second-order valence-corrected chi connectivity index (χ2v) is 10.4. The fraction of sp³-hybridized carbons (Fsp3) is 0.444. The van der Waals surface area contributed by atoms with E-state index in [1.54, 1.807) is 12.4 Å². The van der Waals surface area contributed by atoms with Gasteiger partial charge in [0.2, 0.25) is 0 Å². The number of likely N-dealkylation sites (tertiary alicyclic amines) is 2. The van der Waals surface area contributed by atoms with E-state index in [0.717, 1.165) is 62.9 Å². The van der Waals surface area contributed by atoms with Crippen molar-refractivity contribution in [3.05, 3.63) is 70.0 Å². The maximum atomic E-state index is 13.1. The van der Waals surface area contributed by atoms with Crippen molar-refractivity contribution in [1.29, 1.82) is 0 Å². The first-order chi connectivity index (χ1) is 17.0. The third-order valence-corrected chi connectivity index (χ3v) is 8.24. The molecule has 0 spiro atoms. The van der Waals surface area contributed by atoms with E-state index >= 15 is 0 Å². The number of amides is 1. The van der Waals surface area contributed by atoms with Crippen LogP contribution in [-0.4, -0.2) is 71.1 Å². The lowest BCUT2D eigenvalue weighted by molar-refractivity contribution is -0.0325. The van der Waals surface area contributed by atoms with Gasteiger partial charge in [-0.05, 0) is 74.0 Å². The van der Waals surface area contributed by atoms with Gasteiger partial charge < -0.3 is 9.64 Å². The Balaban J connectivity index is 1.16. The molecule has 0 N–H and O–H groups in total. The molecule has 3 aromatic rings. The minimum Gasteiger partial charge on any atom is -0.380 e. The molecule has 0 unspecified atom stereocenters. The molecule has 0 radical (unpaired) electrons. The number of aromatic nitrogens is 2. The molecule has 1 amide bonds. The van der Waals surface area contributed by atoms with Crippen molar-refractivity contribution in [2.45, 2.75) is 37.8 Å². The summed E-state index contributed by atoms with van der Waals surface area (Å²) in [7, 11) is 1.81. The van der Waals surface area contributed by atoms with Crippen molar-refractivity contribution in [2.24, 2.45) is 5.92 Å². The van der Waals surface area contributed by atoms with E-state index in [1.807, 2.05) is 42.3 Å². The van der Waals surface area contributed by atoms with Crippen LogP contribution in [0.1, 0.15) is 35.2 Å². The van der Waals surface area contributed by atoms with E-state index in [1.165, 1.54) is 5.56 Å². The van der Waals surface area contributed by atoms with Gasteiger partial charge in [0.05, 0.1) is 27.2 Å². The molecule has 35 heavy (non-hydrogen) atoms. The molecular weight excluding hydrogens is 483 g/mol. The first-order valence-corrected chi connectivity index (χ1v) is 13.0. The van der Waals surface area contributed by atoms with Crippen LogP contribution in [0.5, 0.6) is 0 Å². The Hall–Kier alpha value is -2.25. The third kappa shape index (κ3) is 5.46. The maximum absolute atomic E-state index is 13.1. The van der Waals surface area contributed by atoms with Gasteiger partial charge >= 0.3 is 0 Å². The Morgan fingerprint density at radius 2 is 1.74 bits per heavy atom. The van der Waals surface area contributed by atoms with Crippen molar-refractivity contribution in [1.82, 2.24) is 19.8 Å². The minimum atomic E-state index is 0.0751. The van der Waals surface area contributed by atoms with Crippen LogP contribution in [0.3, 0.4) is 0 Å². The number of halogens is 2. The zero-order chi connectivity index (χ0) is 24.4. The normalized spacial score (nSPS) is 22.0. The average molecular weight is 513 g/mol. The molecule has 0 saturated carbocycles. The van der Waals surface area contributed by atoms with Gasteiger partial charge in [0, 0.05) is 50.7 Å². The van der Waals surface area contributed by atoms with Crippen LogP contribution in [0, 0.1) is 5.92 Å². The zero-order valence-electron chi connectivity index (χ0n) is 19.9. The number of hydrogen-bond acceptors (Lipinski definition) is 5. The molecule has 1 aromatic heterocycles. The fourth-order valence-corrected chi connectivity index (χ4v) is 5.82. The van der Waals surface area contributed by atoms with Gasteiger partial charge in [0.15, 0.2) is 0 Å². The molecule has 0 bridgehead atoms. The average Bonchev–Trinajstić information content (AvgIpc) is 2.90. The molecule has 2 aliphatic heterocycles. The summed E-state index contributed by atoms with van der Waals surface area (Å²) in [4.78, 5) is 26.3. The first-order valence-electron chi connectivity index (χ1n) is 12.2. The van der Waals surface area contributed by atoms with Gasteiger partial charge in [-0.3, -0.25) is 19.7 Å². The SMILES string of the molecule is CO[C@@H]1CN(C2CCN(C(=O)c3ccc4nccnc4c3)CC2)CC[C@@H]1Cc1ccc(Cl)c(Cl)c1. The van der Waals surface area contributed by atoms with E-state index in [0.29, 0.717) is 27.6 Å². The Labute approximate surface area is 216 Å². The predicted molar refractivity (Wildman–Crippen MR) is 139 cm³/mol. The summed E-state index contributed by atoms with van der Waals surface area (Å²) in [6, 6.07) is 11.9. The third-order valence-electron chi connectivity index (χ3n) is 7.50. The molecule has 2 aliphatic rings. The number of piperidine rings is 2. The predicted octanol–water partition coefficient (Wildman–Crippen LogP) is 5.12.